The van der Waals surface area contributed by atoms with E-state index in [4.69, 9.17) is 14.2 Å². The lowest BCUT2D eigenvalue weighted by molar-refractivity contribution is 0.324. The van der Waals surface area contributed by atoms with Crippen LogP contribution in [0.2, 0.25) is 0 Å². The maximum absolute atomic E-state index is 9.96. The molecule has 2 N–H and O–H groups in total. The van der Waals surface area contributed by atoms with Crippen LogP contribution in [0.1, 0.15) is 5.56 Å². The quantitative estimate of drug-likeness (QED) is 0.621. The molecule has 0 atom stereocenters. The average Bonchev–Trinajstić information content (AvgIpc) is 2.74. The first-order valence-corrected chi connectivity index (χ1v) is 8.76. The number of phenols is 1. The van der Waals surface area contributed by atoms with Gasteiger partial charge in [0.15, 0.2) is 11.5 Å². The predicted molar refractivity (Wildman–Crippen MR) is 110 cm³/mol. The third-order valence-electron chi connectivity index (χ3n) is 4.36. The zero-order valence-electron chi connectivity index (χ0n) is 16.9. The number of phenolic OH excluding ortho intramolecular Hbond substituents is 1. The Labute approximate surface area is 168 Å². The van der Waals surface area contributed by atoms with Gasteiger partial charge in [-0.15, -0.1) is 0 Å². The van der Waals surface area contributed by atoms with Crippen molar-refractivity contribution in [3.8, 4) is 23.0 Å². The van der Waals surface area contributed by atoms with Crippen LogP contribution >= 0.6 is 0 Å². The lowest BCUT2D eigenvalue weighted by atomic mass is 10.2. The Kier molecular flexibility index (Phi) is 5.87. The van der Waals surface area contributed by atoms with Crippen molar-refractivity contribution in [1.29, 1.82) is 0 Å². The summed E-state index contributed by atoms with van der Waals surface area (Å²) in [5, 5.41) is 13.1. The van der Waals surface area contributed by atoms with Crippen molar-refractivity contribution >= 4 is 23.3 Å². The van der Waals surface area contributed by atoms with E-state index >= 15 is 0 Å². The van der Waals surface area contributed by atoms with Crippen LogP contribution in [0.4, 0.5) is 23.3 Å². The lowest BCUT2D eigenvalue weighted by Gasteiger charge is -2.18. The minimum atomic E-state index is 0.208. The Balaban J connectivity index is 1.89. The zero-order valence-corrected chi connectivity index (χ0v) is 16.9. The van der Waals surface area contributed by atoms with E-state index in [1.165, 1.54) is 6.33 Å². The standard InChI is InChI=1S/C20H23N5O4/c1-12-6-7-14(10-15(12)26)25(2)20-22-11-21-19(24-20)23-13-8-16(27-3)18(29-5)17(9-13)28-4/h6-11,26H,1-5H3,(H,21,22,23,24). The summed E-state index contributed by atoms with van der Waals surface area (Å²) < 4.78 is 16.1. The number of methoxy groups -OCH3 is 3. The summed E-state index contributed by atoms with van der Waals surface area (Å²) in [6.45, 7) is 1.83. The minimum Gasteiger partial charge on any atom is -0.508 e. The van der Waals surface area contributed by atoms with Gasteiger partial charge in [-0.1, -0.05) is 6.07 Å². The molecule has 1 aromatic heterocycles. The summed E-state index contributed by atoms with van der Waals surface area (Å²) in [4.78, 5) is 14.6. The summed E-state index contributed by atoms with van der Waals surface area (Å²) in [6, 6.07) is 8.88. The predicted octanol–water partition coefficient (Wildman–Crippen LogP) is 3.42. The van der Waals surface area contributed by atoms with E-state index in [1.54, 1.807) is 44.4 Å². The van der Waals surface area contributed by atoms with Crippen LogP contribution in [0.3, 0.4) is 0 Å². The molecule has 1 heterocycles. The minimum absolute atomic E-state index is 0.208. The summed E-state index contributed by atoms with van der Waals surface area (Å²) in [5.41, 5.74) is 2.20. The molecule has 0 aliphatic carbocycles. The fourth-order valence-electron chi connectivity index (χ4n) is 2.71. The number of aryl methyl sites for hydroxylation is 1. The summed E-state index contributed by atoms with van der Waals surface area (Å²) in [5.74, 6) is 2.48. The molecule has 0 bridgehead atoms. The normalized spacial score (nSPS) is 10.4. The maximum atomic E-state index is 9.96. The van der Waals surface area contributed by atoms with Gasteiger partial charge in [0.05, 0.1) is 21.3 Å². The van der Waals surface area contributed by atoms with Crippen molar-refractivity contribution in [1.82, 2.24) is 15.0 Å². The number of aromatic hydroxyl groups is 1. The molecule has 0 aliphatic heterocycles. The van der Waals surface area contributed by atoms with Crippen molar-refractivity contribution < 1.29 is 19.3 Å². The summed E-state index contributed by atoms with van der Waals surface area (Å²) in [7, 11) is 6.45. The van der Waals surface area contributed by atoms with Crippen molar-refractivity contribution in [2.24, 2.45) is 0 Å². The number of nitrogens with zero attached hydrogens (tertiary/aromatic N) is 4. The van der Waals surface area contributed by atoms with E-state index in [9.17, 15) is 5.11 Å². The molecule has 152 valence electrons. The Morgan fingerprint density at radius 1 is 0.966 bits per heavy atom. The van der Waals surface area contributed by atoms with Gasteiger partial charge in [0, 0.05) is 36.6 Å². The second-order valence-electron chi connectivity index (χ2n) is 6.18. The lowest BCUT2D eigenvalue weighted by Crippen LogP contribution is -2.14. The highest BCUT2D eigenvalue weighted by atomic mass is 16.5. The van der Waals surface area contributed by atoms with E-state index < -0.39 is 0 Å². The number of rotatable bonds is 7. The molecule has 0 amide bonds. The first-order chi connectivity index (χ1) is 14.0. The molecule has 9 nitrogen and oxygen atoms in total. The molecular formula is C20H23N5O4. The van der Waals surface area contributed by atoms with Crippen LogP contribution in [0.15, 0.2) is 36.7 Å². The van der Waals surface area contributed by atoms with Crippen molar-refractivity contribution in [2.45, 2.75) is 6.92 Å². The van der Waals surface area contributed by atoms with Gasteiger partial charge in [-0.2, -0.15) is 4.98 Å². The second-order valence-corrected chi connectivity index (χ2v) is 6.18. The van der Waals surface area contributed by atoms with Gasteiger partial charge in [0.1, 0.15) is 12.1 Å². The van der Waals surface area contributed by atoms with Crippen molar-refractivity contribution in [3.63, 3.8) is 0 Å². The molecule has 0 radical (unpaired) electrons. The Hall–Kier alpha value is -3.75. The van der Waals surface area contributed by atoms with E-state index in [0.717, 1.165) is 11.3 Å². The van der Waals surface area contributed by atoms with E-state index in [-0.39, 0.29) is 5.75 Å². The number of hydrogen-bond donors (Lipinski definition) is 2. The molecule has 9 heteroatoms. The molecule has 3 rings (SSSR count). The fourth-order valence-corrected chi connectivity index (χ4v) is 2.71. The second kappa shape index (κ2) is 8.51. The molecule has 29 heavy (non-hydrogen) atoms. The number of ether oxygens (including phenoxy) is 3. The number of nitrogens with one attached hydrogen (secondary N) is 1. The molecule has 0 saturated carbocycles. The van der Waals surface area contributed by atoms with Crippen LogP contribution in [0.25, 0.3) is 0 Å². The van der Waals surface area contributed by atoms with Gasteiger partial charge in [0.25, 0.3) is 0 Å². The van der Waals surface area contributed by atoms with Gasteiger partial charge >= 0.3 is 0 Å². The number of benzene rings is 2. The van der Waals surface area contributed by atoms with Crippen LogP contribution in [-0.4, -0.2) is 48.4 Å². The molecule has 2 aromatic carbocycles. The summed E-state index contributed by atoms with van der Waals surface area (Å²) in [6.07, 6.45) is 1.41. The van der Waals surface area contributed by atoms with Crippen molar-refractivity contribution in [3.05, 3.63) is 42.2 Å². The van der Waals surface area contributed by atoms with Crippen molar-refractivity contribution in [2.75, 3.05) is 38.6 Å². The van der Waals surface area contributed by atoms with Gasteiger partial charge in [-0.05, 0) is 18.6 Å². The number of hydrogen-bond acceptors (Lipinski definition) is 9. The van der Waals surface area contributed by atoms with Crippen LogP contribution in [0.5, 0.6) is 23.0 Å². The first-order valence-electron chi connectivity index (χ1n) is 8.76. The molecule has 0 fully saturated rings. The zero-order chi connectivity index (χ0) is 21.0. The largest absolute Gasteiger partial charge is 0.508 e. The molecule has 3 aromatic rings. The van der Waals surface area contributed by atoms with E-state index in [1.807, 2.05) is 26.1 Å². The Morgan fingerprint density at radius 2 is 1.66 bits per heavy atom. The van der Waals surface area contributed by atoms with Gasteiger partial charge in [0.2, 0.25) is 17.6 Å². The average molecular weight is 397 g/mol. The monoisotopic (exact) mass is 397 g/mol. The highest BCUT2D eigenvalue weighted by Gasteiger charge is 2.15. The smallest absolute Gasteiger partial charge is 0.234 e. The van der Waals surface area contributed by atoms with Gasteiger partial charge in [-0.3, -0.25) is 0 Å². The Morgan fingerprint density at radius 3 is 2.24 bits per heavy atom. The molecular weight excluding hydrogens is 374 g/mol. The number of anilines is 4. The molecule has 0 aliphatic rings. The summed E-state index contributed by atoms with van der Waals surface area (Å²) >= 11 is 0. The van der Waals surface area contributed by atoms with Crippen LogP contribution in [0, 0.1) is 6.92 Å². The molecule has 0 saturated heterocycles. The van der Waals surface area contributed by atoms with Crippen LogP contribution < -0.4 is 24.4 Å². The highest BCUT2D eigenvalue weighted by Crippen LogP contribution is 2.40. The van der Waals surface area contributed by atoms with Crippen LogP contribution in [-0.2, 0) is 0 Å². The van der Waals surface area contributed by atoms with E-state index in [0.29, 0.717) is 34.8 Å². The number of aromatic nitrogens is 3. The van der Waals surface area contributed by atoms with Gasteiger partial charge in [-0.25, -0.2) is 9.97 Å². The SMILES string of the molecule is COc1cc(Nc2ncnc(N(C)c3ccc(C)c(O)c3)n2)cc(OC)c1OC. The van der Waals surface area contributed by atoms with Gasteiger partial charge < -0.3 is 29.5 Å². The topological polar surface area (TPSA) is 102 Å². The maximum Gasteiger partial charge on any atom is 0.234 e. The first kappa shape index (κ1) is 20.0. The fraction of sp³-hybridized carbons (Fsp3) is 0.250. The van der Waals surface area contributed by atoms with E-state index in [2.05, 4.69) is 20.3 Å². The molecule has 0 spiro atoms. The Bertz CT molecular complexity index is 987. The highest BCUT2D eigenvalue weighted by molar-refractivity contribution is 5.66. The molecule has 0 unspecified atom stereocenters. The third kappa shape index (κ3) is 4.23. The third-order valence-corrected chi connectivity index (χ3v) is 4.36.